The smallest absolute Gasteiger partial charge is 0.312 e. The second-order valence-corrected chi connectivity index (χ2v) is 8.24. The average Bonchev–Trinajstić information content (AvgIpc) is 3.29. The Morgan fingerprint density at radius 3 is 2.70 bits per heavy atom. The highest BCUT2D eigenvalue weighted by Gasteiger charge is 2.23. The molecule has 0 bridgehead atoms. The molecule has 1 fully saturated rings. The van der Waals surface area contributed by atoms with E-state index in [0.29, 0.717) is 13.1 Å². The fourth-order valence-corrected chi connectivity index (χ4v) is 4.28. The lowest BCUT2D eigenvalue weighted by Gasteiger charge is -2.29. The number of morpholine rings is 1. The van der Waals surface area contributed by atoms with Gasteiger partial charge in [0.05, 0.1) is 25.7 Å². The average molecular weight is 432 g/mol. The first kappa shape index (κ1) is 22.2. The SMILES string of the molecule is NC(=O)NC(CC(=O)N(CCCN1CCOCC1)Cc1ccncc1)c1cccs1. The number of nitrogens with one attached hydrogen (secondary N) is 1. The highest BCUT2D eigenvalue weighted by molar-refractivity contribution is 7.10. The molecule has 1 unspecified atom stereocenters. The predicted octanol–water partition coefficient (Wildman–Crippen LogP) is 1.99. The quantitative estimate of drug-likeness (QED) is 0.599. The van der Waals surface area contributed by atoms with Gasteiger partial charge in [-0.2, -0.15) is 0 Å². The van der Waals surface area contributed by atoms with Gasteiger partial charge < -0.3 is 20.7 Å². The van der Waals surface area contributed by atoms with Gasteiger partial charge in [-0.1, -0.05) is 6.07 Å². The van der Waals surface area contributed by atoms with Crippen LogP contribution >= 0.6 is 11.3 Å². The zero-order valence-electron chi connectivity index (χ0n) is 17.0. The summed E-state index contributed by atoms with van der Waals surface area (Å²) in [4.78, 5) is 33.9. The maximum Gasteiger partial charge on any atom is 0.312 e. The molecule has 9 heteroatoms. The molecule has 2 aromatic rings. The number of primary amides is 1. The van der Waals surface area contributed by atoms with E-state index < -0.39 is 12.1 Å². The molecule has 1 aliphatic rings. The zero-order chi connectivity index (χ0) is 21.2. The lowest BCUT2D eigenvalue weighted by atomic mass is 10.1. The fourth-order valence-electron chi connectivity index (χ4n) is 3.50. The van der Waals surface area contributed by atoms with E-state index in [1.54, 1.807) is 12.4 Å². The number of aromatic nitrogens is 1. The van der Waals surface area contributed by atoms with Crippen molar-refractivity contribution in [2.45, 2.75) is 25.4 Å². The van der Waals surface area contributed by atoms with Crippen molar-refractivity contribution in [3.05, 3.63) is 52.5 Å². The fraction of sp³-hybridized carbons (Fsp3) is 0.476. The van der Waals surface area contributed by atoms with Gasteiger partial charge in [-0.3, -0.25) is 14.7 Å². The number of urea groups is 1. The molecule has 1 atom stereocenters. The Morgan fingerprint density at radius 1 is 1.27 bits per heavy atom. The van der Waals surface area contributed by atoms with Crippen LogP contribution in [0, 0.1) is 0 Å². The summed E-state index contributed by atoms with van der Waals surface area (Å²) in [5.41, 5.74) is 6.37. The molecule has 0 aromatic carbocycles. The Balaban J connectivity index is 1.64. The first-order valence-electron chi connectivity index (χ1n) is 10.2. The van der Waals surface area contributed by atoms with Crippen LogP contribution in [0.5, 0.6) is 0 Å². The number of rotatable bonds is 10. The third kappa shape index (κ3) is 7.08. The van der Waals surface area contributed by atoms with Crippen LogP contribution in [0.1, 0.15) is 29.3 Å². The van der Waals surface area contributed by atoms with Crippen molar-refractivity contribution in [3.63, 3.8) is 0 Å². The number of ether oxygens (including phenoxy) is 1. The Labute approximate surface area is 181 Å². The number of thiophene rings is 1. The molecular formula is C21H29N5O3S. The maximum absolute atomic E-state index is 13.2. The summed E-state index contributed by atoms with van der Waals surface area (Å²) in [6.45, 7) is 5.48. The minimum absolute atomic E-state index is 0.0130. The van der Waals surface area contributed by atoms with Gasteiger partial charge in [0.1, 0.15) is 0 Å². The Bertz CT molecular complexity index is 781. The number of nitrogens with two attached hydrogens (primary N) is 1. The lowest BCUT2D eigenvalue weighted by Crippen LogP contribution is -2.40. The number of hydrogen-bond acceptors (Lipinski definition) is 6. The maximum atomic E-state index is 13.2. The molecule has 3 amide bonds. The highest BCUT2D eigenvalue weighted by Crippen LogP contribution is 2.23. The van der Waals surface area contributed by atoms with E-state index in [1.807, 2.05) is 34.5 Å². The van der Waals surface area contributed by atoms with Gasteiger partial charge in [-0.25, -0.2) is 4.79 Å². The van der Waals surface area contributed by atoms with Crippen molar-refractivity contribution in [1.82, 2.24) is 20.1 Å². The Kier molecular flexibility index (Phi) is 8.61. The second-order valence-electron chi connectivity index (χ2n) is 7.26. The Hall–Kier alpha value is -2.49. The molecule has 0 saturated carbocycles. The minimum Gasteiger partial charge on any atom is -0.379 e. The Morgan fingerprint density at radius 2 is 2.03 bits per heavy atom. The molecule has 3 heterocycles. The molecule has 1 saturated heterocycles. The van der Waals surface area contributed by atoms with Crippen molar-refractivity contribution in [3.8, 4) is 0 Å². The van der Waals surface area contributed by atoms with Crippen molar-refractivity contribution < 1.29 is 14.3 Å². The molecule has 30 heavy (non-hydrogen) atoms. The van der Waals surface area contributed by atoms with Crippen molar-refractivity contribution >= 4 is 23.3 Å². The molecule has 3 rings (SSSR count). The topological polar surface area (TPSA) is 101 Å². The number of amides is 3. The molecule has 162 valence electrons. The summed E-state index contributed by atoms with van der Waals surface area (Å²) in [5, 5.41) is 4.63. The second kappa shape index (κ2) is 11.6. The molecule has 1 aliphatic heterocycles. The van der Waals surface area contributed by atoms with Crippen LogP contribution in [0.2, 0.25) is 0 Å². The van der Waals surface area contributed by atoms with Crippen LogP contribution in [0.4, 0.5) is 4.79 Å². The number of carbonyl (C=O) groups excluding carboxylic acids is 2. The summed E-state index contributed by atoms with van der Waals surface area (Å²) in [5.74, 6) is -0.0130. The van der Waals surface area contributed by atoms with Crippen LogP contribution in [0.15, 0.2) is 42.0 Å². The van der Waals surface area contributed by atoms with Gasteiger partial charge in [0.2, 0.25) is 5.91 Å². The largest absolute Gasteiger partial charge is 0.379 e. The first-order chi connectivity index (χ1) is 14.6. The van der Waals surface area contributed by atoms with Crippen LogP contribution in [-0.2, 0) is 16.1 Å². The highest BCUT2D eigenvalue weighted by atomic mass is 32.1. The van der Waals surface area contributed by atoms with Crippen molar-refractivity contribution in [2.75, 3.05) is 39.4 Å². The van der Waals surface area contributed by atoms with Gasteiger partial charge in [0.15, 0.2) is 0 Å². The number of hydrogen-bond donors (Lipinski definition) is 2. The number of carbonyl (C=O) groups is 2. The number of pyridine rings is 1. The third-order valence-corrected chi connectivity index (χ3v) is 6.05. The van der Waals surface area contributed by atoms with E-state index in [0.717, 1.165) is 49.7 Å². The molecule has 0 spiro atoms. The van der Waals surface area contributed by atoms with E-state index >= 15 is 0 Å². The standard InChI is InChI=1S/C21H29N5O3S/c22-21(28)24-18(19-3-1-14-30-19)15-20(27)26(16-17-4-6-23-7-5-17)9-2-8-25-10-12-29-13-11-25/h1,3-7,14,18H,2,8-13,15-16H2,(H3,22,24,28). The molecule has 0 radical (unpaired) electrons. The summed E-state index contributed by atoms with van der Waals surface area (Å²) in [6.07, 6.45) is 4.51. The summed E-state index contributed by atoms with van der Waals surface area (Å²) in [7, 11) is 0. The molecule has 0 aliphatic carbocycles. The monoisotopic (exact) mass is 431 g/mol. The van der Waals surface area contributed by atoms with Gasteiger partial charge in [0, 0.05) is 50.0 Å². The predicted molar refractivity (Wildman–Crippen MR) is 116 cm³/mol. The van der Waals surface area contributed by atoms with Crippen molar-refractivity contribution in [2.24, 2.45) is 5.73 Å². The summed E-state index contributed by atoms with van der Waals surface area (Å²) in [6, 6.07) is 6.59. The number of nitrogens with zero attached hydrogens (tertiary/aromatic N) is 3. The molecular weight excluding hydrogens is 402 g/mol. The van der Waals surface area contributed by atoms with Crippen molar-refractivity contribution in [1.29, 1.82) is 0 Å². The van der Waals surface area contributed by atoms with Gasteiger partial charge >= 0.3 is 6.03 Å². The van der Waals surface area contributed by atoms with Gasteiger partial charge in [-0.05, 0) is 35.6 Å². The third-order valence-electron chi connectivity index (χ3n) is 5.06. The molecule has 8 nitrogen and oxygen atoms in total. The van der Waals surface area contributed by atoms with E-state index in [-0.39, 0.29) is 12.3 Å². The van der Waals surface area contributed by atoms with E-state index in [9.17, 15) is 9.59 Å². The van der Waals surface area contributed by atoms with E-state index in [1.165, 1.54) is 11.3 Å². The summed E-state index contributed by atoms with van der Waals surface area (Å²) < 4.78 is 5.40. The van der Waals surface area contributed by atoms with Crippen LogP contribution in [0.3, 0.4) is 0 Å². The summed E-state index contributed by atoms with van der Waals surface area (Å²) >= 11 is 1.50. The van der Waals surface area contributed by atoms with E-state index in [4.69, 9.17) is 10.5 Å². The van der Waals surface area contributed by atoms with Crippen LogP contribution in [0.25, 0.3) is 0 Å². The van der Waals surface area contributed by atoms with E-state index in [2.05, 4.69) is 15.2 Å². The zero-order valence-corrected chi connectivity index (χ0v) is 17.9. The first-order valence-corrected chi connectivity index (χ1v) is 11.1. The molecule has 2 aromatic heterocycles. The van der Waals surface area contributed by atoms with Gasteiger partial charge in [0.25, 0.3) is 0 Å². The van der Waals surface area contributed by atoms with Crippen LogP contribution in [-0.4, -0.2) is 66.1 Å². The lowest BCUT2D eigenvalue weighted by molar-refractivity contribution is -0.132. The minimum atomic E-state index is -0.630. The van der Waals surface area contributed by atoms with Crippen LogP contribution < -0.4 is 11.1 Å². The van der Waals surface area contributed by atoms with Gasteiger partial charge in [-0.15, -0.1) is 11.3 Å². The normalized spacial score (nSPS) is 15.5. The molecule has 3 N–H and O–H groups in total.